The van der Waals surface area contributed by atoms with Crippen molar-refractivity contribution in [2.24, 2.45) is 18.4 Å². The van der Waals surface area contributed by atoms with Crippen molar-refractivity contribution in [2.45, 2.75) is 45.2 Å². The number of piperidine rings is 1. The van der Waals surface area contributed by atoms with Gasteiger partial charge in [-0.3, -0.25) is 4.57 Å². The number of anilines is 1. The zero-order valence-electron chi connectivity index (χ0n) is 17.0. The second kappa shape index (κ2) is 7.19. The second-order valence-corrected chi connectivity index (χ2v) is 10.9. The van der Waals surface area contributed by atoms with Crippen LogP contribution in [0.25, 0.3) is 6.08 Å². The molecule has 2 atom stereocenters. The smallest absolute Gasteiger partial charge is 0.349 e. The van der Waals surface area contributed by atoms with Gasteiger partial charge >= 0.3 is 21.2 Å². The van der Waals surface area contributed by atoms with E-state index < -0.39 is 15.5 Å². The lowest BCUT2D eigenvalue weighted by molar-refractivity contribution is -0.0499. The highest BCUT2D eigenvalue weighted by Gasteiger charge is 2.51. The first-order valence-corrected chi connectivity index (χ1v) is 11.0. The molecular weight excluding hydrogens is 409 g/mol. The van der Waals surface area contributed by atoms with Gasteiger partial charge < -0.3 is 9.88 Å². The number of sulfonamides is 1. The van der Waals surface area contributed by atoms with E-state index in [4.69, 9.17) is 0 Å². The van der Waals surface area contributed by atoms with Gasteiger partial charge in [0.05, 0.1) is 11.7 Å². The van der Waals surface area contributed by atoms with Gasteiger partial charge in [0.1, 0.15) is 5.82 Å². The fourth-order valence-electron chi connectivity index (χ4n) is 4.16. The predicted molar refractivity (Wildman–Crippen MR) is 105 cm³/mol. The standard InChI is InChI=1S/C18H27F3N4O3S/c1-17(2,3)11-25-14(8-7-13-15(25)23(4)16(26)22-13)12-6-5-9-24(10-12)29(27,28)18(19,20)21/h7-8,12,14H,5-6,9-11H2,1-4H3,(H,22,26). The van der Waals surface area contributed by atoms with Crippen LogP contribution in [0.4, 0.5) is 19.0 Å². The van der Waals surface area contributed by atoms with E-state index in [1.54, 1.807) is 13.1 Å². The molecule has 1 N–H and O–H groups in total. The monoisotopic (exact) mass is 436 g/mol. The van der Waals surface area contributed by atoms with Gasteiger partial charge in [0.25, 0.3) is 0 Å². The van der Waals surface area contributed by atoms with Crippen LogP contribution >= 0.6 is 0 Å². The minimum absolute atomic E-state index is 0.137. The number of rotatable bonds is 3. The third-order valence-electron chi connectivity index (χ3n) is 5.38. The number of fused-ring (bicyclic) bond motifs is 1. The number of aromatic amines is 1. The van der Waals surface area contributed by atoms with E-state index in [0.29, 0.717) is 35.2 Å². The first kappa shape index (κ1) is 21.9. The summed E-state index contributed by atoms with van der Waals surface area (Å²) >= 11 is 0. The van der Waals surface area contributed by atoms with Crippen LogP contribution in [0.3, 0.4) is 0 Å². The summed E-state index contributed by atoms with van der Waals surface area (Å²) < 4.78 is 65.0. The molecule has 11 heteroatoms. The Balaban J connectivity index is 1.96. The first-order chi connectivity index (χ1) is 13.2. The van der Waals surface area contributed by atoms with Crippen molar-refractivity contribution in [3.05, 3.63) is 22.3 Å². The number of alkyl halides is 3. The van der Waals surface area contributed by atoms with Crippen molar-refractivity contribution in [2.75, 3.05) is 24.5 Å². The third-order valence-corrected chi connectivity index (χ3v) is 6.97. The van der Waals surface area contributed by atoms with Crippen molar-refractivity contribution in [1.29, 1.82) is 0 Å². The lowest BCUT2D eigenvalue weighted by Crippen LogP contribution is -2.53. The molecule has 1 aromatic heterocycles. The largest absolute Gasteiger partial charge is 0.511 e. The highest BCUT2D eigenvalue weighted by atomic mass is 32.2. The first-order valence-electron chi connectivity index (χ1n) is 9.52. The van der Waals surface area contributed by atoms with Crippen LogP contribution in [0.1, 0.15) is 39.3 Å². The quantitative estimate of drug-likeness (QED) is 0.790. The van der Waals surface area contributed by atoms with Gasteiger partial charge in [-0.1, -0.05) is 26.8 Å². The zero-order chi connectivity index (χ0) is 21.8. The second-order valence-electron chi connectivity index (χ2n) is 8.98. The van der Waals surface area contributed by atoms with E-state index in [1.165, 1.54) is 4.57 Å². The molecule has 1 aromatic rings. The predicted octanol–water partition coefficient (Wildman–Crippen LogP) is 2.52. The molecule has 3 rings (SSSR count). The lowest BCUT2D eigenvalue weighted by Gasteiger charge is -2.44. The van der Waals surface area contributed by atoms with Crippen LogP contribution in [-0.2, 0) is 17.1 Å². The molecule has 0 radical (unpaired) electrons. The summed E-state index contributed by atoms with van der Waals surface area (Å²) in [5, 5.41) is 0. The Labute approximate surface area is 168 Å². The van der Waals surface area contributed by atoms with Gasteiger partial charge in [-0.2, -0.15) is 17.5 Å². The van der Waals surface area contributed by atoms with Crippen LogP contribution in [0.2, 0.25) is 0 Å². The van der Waals surface area contributed by atoms with E-state index in [9.17, 15) is 26.4 Å². The fourth-order valence-corrected chi connectivity index (χ4v) is 5.21. The van der Waals surface area contributed by atoms with E-state index in [0.717, 1.165) is 0 Å². The molecule has 0 aliphatic carbocycles. The molecule has 2 aliphatic heterocycles. The van der Waals surface area contributed by atoms with Gasteiger partial charge in [0.2, 0.25) is 0 Å². The number of halogens is 3. The maximum Gasteiger partial charge on any atom is 0.511 e. The van der Waals surface area contributed by atoms with Gasteiger partial charge in [0.15, 0.2) is 0 Å². The fraction of sp³-hybridized carbons (Fsp3) is 0.722. The number of hydrogen-bond acceptors (Lipinski definition) is 4. The highest BCUT2D eigenvalue weighted by molar-refractivity contribution is 7.90. The molecule has 29 heavy (non-hydrogen) atoms. The van der Waals surface area contributed by atoms with Gasteiger partial charge in [0, 0.05) is 26.7 Å². The average molecular weight is 437 g/mol. The number of aromatic nitrogens is 2. The summed E-state index contributed by atoms with van der Waals surface area (Å²) in [6, 6.07) is -0.311. The van der Waals surface area contributed by atoms with Crippen molar-refractivity contribution in [1.82, 2.24) is 13.9 Å². The van der Waals surface area contributed by atoms with Gasteiger partial charge in [-0.25, -0.2) is 13.2 Å². The molecule has 0 amide bonds. The molecule has 7 nitrogen and oxygen atoms in total. The minimum atomic E-state index is -5.36. The maximum absolute atomic E-state index is 13.0. The summed E-state index contributed by atoms with van der Waals surface area (Å²) in [6.07, 6.45) is 4.58. The molecule has 0 bridgehead atoms. The van der Waals surface area contributed by atoms with Crippen molar-refractivity contribution in [3.63, 3.8) is 0 Å². The summed E-state index contributed by atoms with van der Waals surface area (Å²) in [5.41, 5.74) is -5.08. The average Bonchev–Trinajstić information content (AvgIpc) is 2.88. The summed E-state index contributed by atoms with van der Waals surface area (Å²) in [7, 11) is -3.72. The van der Waals surface area contributed by atoms with Crippen LogP contribution in [0, 0.1) is 11.3 Å². The molecule has 2 aliphatic rings. The van der Waals surface area contributed by atoms with E-state index in [2.05, 4.69) is 4.98 Å². The van der Waals surface area contributed by atoms with Gasteiger partial charge in [-0.05, 0) is 30.3 Å². The number of hydrogen-bond donors (Lipinski definition) is 1. The van der Waals surface area contributed by atoms with Gasteiger partial charge in [-0.15, -0.1) is 0 Å². The number of nitrogens with zero attached hydrogens (tertiary/aromatic N) is 3. The number of imidazole rings is 1. The third kappa shape index (κ3) is 4.11. The van der Waals surface area contributed by atoms with Crippen LogP contribution in [-0.4, -0.2) is 53.5 Å². The molecular formula is C18H27F3N4O3S. The van der Waals surface area contributed by atoms with Crippen molar-refractivity contribution in [3.8, 4) is 0 Å². The van der Waals surface area contributed by atoms with E-state index >= 15 is 0 Å². The minimum Gasteiger partial charge on any atom is -0.349 e. The van der Waals surface area contributed by atoms with Crippen molar-refractivity contribution >= 4 is 21.9 Å². The van der Waals surface area contributed by atoms with Crippen LogP contribution in [0.15, 0.2) is 10.9 Å². The SMILES string of the molecule is Cn1c2c([nH]c1=O)C=CC(C1CCCN(S(=O)(=O)C(F)(F)F)C1)N2CC(C)(C)C. The zero-order valence-corrected chi connectivity index (χ0v) is 17.8. The summed E-state index contributed by atoms with van der Waals surface area (Å²) in [4.78, 5) is 16.9. The molecule has 164 valence electrons. The molecule has 2 unspecified atom stereocenters. The van der Waals surface area contributed by atoms with E-state index in [-0.39, 0.29) is 36.2 Å². The Hall–Kier alpha value is -1.75. The molecule has 1 saturated heterocycles. The van der Waals surface area contributed by atoms with Crippen molar-refractivity contribution < 1.29 is 21.6 Å². The number of H-pyrrole nitrogens is 1. The molecule has 3 heterocycles. The Morgan fingerprint density at radius 1 is 1.24 bits per heavy atom. The molecule has 0 spiro atoms. The molecule has 0 aromatic carbocycles. The van der Waals surface area contributed by atoms with Crippen LogP contribution in [0.5, 0.6) is 0 Å². The van der Waals surface area contributed by atoms with Crippen LogP contribution < -0.4 is 10.6 Å². The lowest BCUT2D eigenvalue weighted by atomic mass is 9.86. The van der Waals surface area contributed by atoms with E-state index in [1.807, 2.05) is 31.7 Å². The summed E-state index contributed by atoms with van der Waals surface area (Å²) in [6.45, 7) is 6.33. The highest BCUT2D eigenvalue weighted by Crippen LogP contribution is 2.37. The Morgan fingerprint density at radius 3 is 2.48 bits per heavy atom. The molecule has 1 fully saturated rings. The summed E-state index contributed by atoms with van der Waals surface area (Å²) in [5.74, 6) is 0.353. The normalized spacial score (nSPS) is 24.0. The topological polar surface area (TPSA) is 78.4 Å². The number of nitrogens with one attached hydrogen (secondary N) is 1. The Kier molecular flexibility index (Phi) is 5.44. The molecule has 0 saturated carbocycles. The Morgan fingerprint density at radius 2 is 1.90 bits per heavy atom. The Bertz CT molecular complexity index is 956. The maximum atomic E-state index is 13.0.